The average Bonchev–Trinajstić information content (AvgIpc) is 3.22. The normalized spacial score (nSPS) is 35.1. The summed E-state index contributed by atoms with van der Waals surface area (Å²) in [4.78, 5) is 56.0. The van der Waals surface area contributed by atoms with Crippen LogP contribution >= 0.6 is 0 Å². The highest BCUT2D eigenvalue weighted by atomic mass is 16.6. The van der Waals surface area contributed by atoms with Gasteiger partial charge in [-0.05, 0) is 63.8 Å². The number of carbonyl (C=O) groups is 4. The number of aliphatic hydroxyl groups is 2. The molecule has 2 bridgehead atoms. The van der Waals surface area contributed by atoms with Crippen molar-refractivity contribution in [3.63, 3.8) is 0 Å². The van der Waals surface area contributed by atoms with Gasteiger partial charge in [-0.1, -0.05) is 18.2 Å². The fourth-order valence-corrected chi connectivity index (χ4v) is 7.35. The molecule has 12 heteroatoms. The van der Waals surface area contributed by atoms with Crippen LogP contribution in [0.2, 0.25) is 0 Å². The van der Waals surface area contributed by atoms with E-state index in [-0.39, 0.29) is 29.9 Å². The van der Waals surface area contributed by atoms with E-state index in [9.17, 15) is 29.4 Å². The van der Waals surface area contributed by atoms with Crippen LogP contribution in [0.4, 0.5) is 0 Å². The number of hydrogen-bond acceptors (Lipinski definition) is 12. The summed E-state index contributed by atoms with van der Waals surface area (Å²) in [5.74, 6) is -3.49. The molecule has 0 amide bonds. The van der Waals surface area contributed by atoms with Crippen molar-refractivity contribution in [2.24, 2.45) is 11.3 Å². The Bertz CT molecular complexity index is 1430. The molecule has 1 aromatic heterocycles. The lowest BCUT2D eigenvalue weighted by atomic mass is 9.46. The van der Waals surface area contributed by atoms with Crippen LogP contribution in [0.5, 0.6) is 0 Å². The number of esters is 4. The maximum absolute atomic E-state index is 13.5. The molecule has 8 unspecified atom stereocenters. The number of pyridine rings is 1. The van der Waals surface area contributed by atoms with Gasteiger partial charge in [0.15, 0.2) is 12.2 Å². The molecule has 1 aliphatic heterocycles. The third-order valence-electron chi connectivity index (χ3n) is 9.50. The predicted molar refractivity (Wildman–Crippen MR) is 151 cm³/mol. The first-order chi connectivity index (χ1) is 20.7. The van der Waals surface area contributed by atoms with E-state index in [0.717, 1.165) is 6.92 Å². The maximum Gasteiger partial charge on any atom is 0.340 e. The summed E-state index contributed by atoms with van der Waals surface area (Å²) in [5.41, 5.74) is -6.57. The lowest BCUT2D eigenvalue weighted by Crippen LogP contribution is -2.84. The van der Waals surface area contributed by atoms with Gasteiger partial charge in [0.1, 0.15) is 35.4 Å². The van der Waals surface area contributed by atoms with Gasteiger partial charge in [-0.3, -0.25) is 14.6 Å². The minimum atomic E-state index is -2.21. The molecular formula is C32H37NO11. The summed E-state index contributed by atoms with van der Waals surface area (Å²) in [6.45, 7) is 6.67. The van der Waals surface area contributed by atoms with E-state index in [1.54, 1.807) is 38.1 Å². The predicted octanol–water partition coefficient (Wildman–Crippen LogP) is 2.40. The Morgan fingerprint density at radius 2 is 1.59 bits per heavy atom. The highest BCUT2D eigenvalue weighted by Gasteiger charge is 2.84. The van der Waals surface area contributed by atoms with E-state index < -0.39 is 77.1 Å². The highest BCUT2D eigenvalue weighted by molar-refractivity contribution is 5.90. The maximum atomic E-state index is 13.5. The van der Waals surface area contributed by atoms with E-state index in [2.05, 4.69) is 4.98 Å². The van der Waals surface area contributed by atoms with Gasteiger partial charge in [0, 0.05) is 26.2 Å². The van der Waals surface area contributed by atoms with Crippen molar-refractivity contribution in [1.29, 1.82) is 0 Å². The Balaban J connectivity index is 1.73. The Morgan fingerprint density at radius 1 is 0.932 bits per heavy atom. The Hall–Kier alpha value is -3.87. The highest BCUT2D eigenvalue weighted by Crippen LogP contribution is 2.68. The number of nitrogens with zero attached hydrogens (tertiary/aromatic N) is 1. The molecule has 3 fully saturated rings. The quantitative estimate of drug-likeness (QED) is 0.347. The van der Waals surface area contributed by atoms with Crippen molar-refractivity contribution < 1.29 is 53.1 Å². The number of hydrogen-bond donors (Lipinski definition) is 2. The lowest BCUT2D eigenvalue weighted by molar-refractivity contribution is -0.361. The number of ether oxygens (including phenoxy) is 5. The molecule has 0 radical (unpaired) electrons. The molecule has 2 N–H and O–H groups in total. The van der Waals surface area contributed by atoms with Gasteiger partial charge >= 0.3 is 23.9 Å². The van der Waals surface area contributed by atoms with E-state index in [0.29, 0.717) is 0 Å². The molecule has 236 valence electrons. The number of aromatic nitrogens is 1. The number of carbonyl (C=O) groups excluding carboxylic acids is 4. The van der Waals surface area contributed by atoms with Gasteiger partial charge in [-0.25, -0.2) is 9.59 Å². The van der Waals surface area contributed by atoms with E-state index in [4.69, 9.17) is 23.7 Å². The van der Waals surface area contributed by atoms with Crippen LogP contribution in [0.15, 0.2) is 54.9 Å². The van der Waals surface area contributed by atoms with Crippen molar-refractivity contribution >= 4 is 23.9 Å². The molecule has 2 aliphatic carbocycles. The molecule has 1 aromatic carbocycles. The molecule has 44 heavy (non-hydrogen) atoms. The van der Waals surface area contributed by atoms with E-state index in [1.165, 1.54) is 44.4 Å². The number of rotatable bonds is 7. The van der Waals surface area contributed by atoms with Crippen LogP contribution in [0, 0.1) is 11.3 Å². The van der Waals surface area contributed by atoms with Crippen molar-refractivity contribution in [3.05, 3.63) is 66.0 Å². The van der Waals surface area contributed by atoms with Crippen LogP contribution in [0.1, 0.15) is 68.2 Å². The first-order valence-electron chi connectivity index (χ1n) is 14.4. The summed E-state index contributed by atoms with van der Waals surface area (Å²) in [5, 5.41) is 24.2. The molecule has 1 saturated heterocycles. The first kappa shape index (κ1) is 31.6. The summed E-state index contributed by atoms with van der Waals surface area (Å²) in [7, 11) is 0. The van der Waals surface area contributed by atoms with Crippen LogP contribution < -0.4 is 0 Å². The lowest BCUT2D eigenvalue weighted by Gasteiger charge is -2.65. The minimum absolute atomic E-state index is 0.114. The van der Waals surface area contributed by atoms with Crippen LogP contribution in [0.25, 0.3) is 0 Å². The largest absolute Gasteiger partial charge is 0.465 e. The van der Waals surface area contributed by atoms with Crippen molar-refractivity contribution in [2.45, 2.75) is 88.7 Å². The SMILES string of the molecule is CC(=O)OCC12C(OC(=O)c3cccnc3)CC3CC1(OC3(C)C)C(C)(O)C(O)C(OC(=O)c1ccccc1)C2OC(C)=O. The average molecular weight is 612 g/mol. The van der Waals surface area contributed by atoms with Crippen LogP contribution in [-0.4, -0.2) is 86.9 Å². The Morgan fingerprint density at radius 3 is 2.20 bits per heavy atom. The van der Waals surface area contributed by atoms with Crippen molar-refractivity contribution in [2.75, 3.05) is 6.61 Å². The first-order valence-corrected chi connectivity index (χ1v) is 14.4. The van der Waals surface area contributed by atoms with Crippen LogP contribution in [0.3, 0.4) is 0 Å². The fraction of sp³-hybridized carbons (Fsp3) is 0.531. The second-order valence-corrected chi connectivity index (χ2v) is 12.5. The van der Waals surface area contributed by atoms with Crippen molar-refractivity contribution in [3.8, 4) is 0 Å². The fourth-order valence-electron chi connectivity index (χ4n) is 7.35. The Kier molecular flexibility index (Phi) is 8.06. The summed E-state index contributed by atoms with van der Waals surface area (Å²) in [6, 6.07) is 11.0. The Labute approximate surface area is 254 Å². The number of fused-ring (bicyclic) bond motifs is 1. The van der Waals surface area contributed by atoms with E-state index in [1.807, 2.05) is 0 Å². The standard InChI is InChI=1S/C32H37NO11/c1-18(34)40-17-31-23(42-28(38)21-12-9-13-33-16-21)14-22-15-32(31,44-29(22,3)4)30(5,39)25(36)24(26(31)41-19(2)35)43-27(37)20-10-7-6-8-11-20/h6-13,16,22-26,36,39H,14-15,17H2,1-5H3. The number of aliphatic hydroxyl groups excluding tert-OH is 1. The number of benzene rings is 1. The molecule has 3 aliphatic rings. The zero-order valence-electron chi connectivity index (χ0n) is 25.2. The summed E-state index contributed by atoms with van der Waals surface area (Å²) in [6.07, 6.45) is -3.32. The van der Waals surface area contributed by atoms with Gasteiger partial charge < -0.3 is 33.9 Å². The van der Waals surface area contributed by atoms with Gasteiger partial charge in [0.05, 0.1) is 16.7 Å². The minimum Gasteiger partial charge on any atom is -0.465 e. The molecule has 12 nitrogen and oxygen atoms in total. The zero-order valence-corrected chi connectivity index (χ0v) is 25.2. The van der Waals surface area contributed by atoms with Gasteiger partial charge in [-0.15, -0.1) is 0 Å². The third kappa shape index (κ3) is 4.94. The molecule has 8 atom stereocenters. The monoisotopic (exact) mass is 611 g/mol. The van der Waals surface area contributed by atoms with Crippen LogP contribution in [-0.2, 0) is 33.3 Å². The molecule has 2 heterocycles. The van der Waals surface area contributed by atoms with Gasteiger partial charge in [0.25, 0.3) is 0 Å². The van der Waals surface area contributed by atoms with Gasteiger partial charge in [0.2, 0.25) is 0 Å². The third-order valence-corrected chi connectivity index (χ3v) is 9.50. The molecule has 1 spiro atoms. The summed E-state index contributed by atoms with van der Waals surface area (Å²) < 4.78 is 30.2. The summed E-state index contributed by atoms with van der Waals surface area (Å²) >= 11 is 0. The molecule has 2 saturated carbocycles. The topological polar surface area (TPSA) is 168 Å². The van der Waals surface area contributed by atoms with Gasteiger partial charge in [-0.2, -0.15) is 0 Å². The van der Waals surface area contributed by atoms with E-state index >= 15 is 0 Å². The second-order valence-electron chi connectivity index (χ2n) is 12.5. The molecule has 2 aromatic rings. The molecule has 5 rings (SSSR count). The molecular weight excluding hydrogens is 574 g/mol. The smallest absolute Gasteiger partial charge is 0.340 e. The zero-order chi connectivity index (χ0) is 32.1. The second kappa shape index (κ2) is 11.2. The van der Waals surface area contributed by atoms with Crippen molar-refractivity contribution in [1.82, 2.24) is 4.98 Å².